The molecule has 9 nitrogen and oxygen atoms in total. The molecule has 0 aliphatic carbocycles. The number of halogens is 1. The smallest absolute Gasteiger partial charge is 0.253 e. The quantitative estimate of drug-likeness (QED) is 0.131. The molecule has 3 aliphatic rings. The summed E-state index contributed by atoms with van der Waals surface area (Å²) in [5, 5.41) is 9.29. The minimum absolute atomic E-state index is 0.118. The Morgan fingerprint density at radius 1 is 0.917 bits per heavy atom. The van der Waals surface area contributed by atoms with Crippen LogP contribution in [-0.2, 0) is 19.1 Å². The Bertz CT molecular complexity index is 1450. The summed E-state index contributed by atoms with van der Waals surface area (Å²) < 4.78 is 6.82. The summed E-state index contributed by atoms with van der Waals surface area (Å²) in [6.45, 7) is 14.8. The molecule has 258 valence electrons. The molecule has 1 N–H and O–H groups in total. The van der Waals surface area contributed by atoms with Crippen LogP contribution in [-0.4, -0.2) is 89.6 Å². The number of anilines is 3. The zero-order chi connectivity index (χ0) is 34.4. The van der Waals surface area contributed by atoms with E-state index < -0.39 is 29.6 Å². The van der Waals surface area contributed by atoms with Crippen molar-refractivity contribution in [2.24, 2.45) is 11.8 Å². The normalized spacial score (nSPS) is 25.5. The number of carbonyl (C=O) groups excluding carboxylic acids is 3. The summed E-state index contributed by atoms with van der Waals surface area (Å²) in [5.41, 5.74) is 1.32. The second kappa shape index (κ2) is 15.8. The summed E-state index contributed by atoms with van der Waals surface area (Å²) in [7, 11) is 0. The summed E-state index contributed by atoms with van der Waals surface area (Å²) >= 11 is 3.81. The molecule has 3 fully saturated rings. The van der Waals surface area contributed by atoms with Gasteiger partial charge in [-0.15, -0.1) is 13.2 Å². The SMILES string of the molecule is C=CCN(C(=O)C1N(CCCCCCO)C(=O)[C@@H]2[C@@H](C(=O)N(CC=C)c3ccccc3)[C@@H]3OC12CC3Br)c1ccc(N(CC)CC)cc1. The fraction of sp³-hybridized carbons (Fsp3) is 0.500. The molecule has 3 saturated heterocycles. The van der Waals surface area contributed by atoms with E-state index in [9.17, 15) is 19.5 Å². The Morgan fingerprint density at radius 2 is 1.50 bits per heavy atom. The van der Waals surface area contributed by atoms with Crippen LogP contribution in [0.25, 0.3) is 0 Å². The molecule has 3 amide bonds. The number of likely N-dealkylation sites (tertiary alicyclic amines) is 1. The van der Waals surface area contributed by atoms with Crippen molar-refractivity contribution < 1.29 is 24.2 Å². The number of nitrogens with zero attached hydrogens (tertiary/aromatic N) is 4. The second-order valence-corrected chi connectivity index (χ2v) is 14.0. The van der Waals surface area contributed by atoms with Crippen LogP contribution in [0, 0.1) is 11.8 Å². The number of aliphatic hydroxyl groups is 1. The van der Waals surface area contributed by atoms with Gasteiger partial charge in [0.1, 0.15) is 11.6 Å². The number of para-hydroxylation sites is 1. The fourth-order valence-corrected chi connectivity index (χ4v) is 8.89. The number of alkyl halides is 1. The van der Waals surface area contributed by atoms with Gasteiger partial charge in [0.05, 0.1) is 17.9 Å². The second-order valence-electron chi connectivity index (χ2n) is 12.8. The van der Waals surface area contributed by atoms with Gasteiger partial charge in [-0.2, -0.15) is 0 Å². The van der Waals surface area contributed by atoms with Crippen molar-refractivity contribution in [1.29, 1.82) is 0 Å². The predicted octanol–water partition coefficient (Wildman–Crippen LogP) is 5.57. The largest absolute Gasteiger partial charge is 0.396 e. The van der Waals surface area contributed by atoms with Gasteiger partial charge in [0.25, 0.3) is 5.91 Å². The topological polar surface area (TPSA) is 93.6 Å². The summed E-state index contributed by atoms with van der Waals surface area (Å²) in [6.07, 6.45) is 6.23. The van der Waals surface area contributed by atoms with Crippen LogP contribution >= 0.6 is 15.9 Å². The van der Waals surface area contributed by atoms with E-state index in [2.05, 4.69) is 47.8 Å². The minimum atomic E-state index is -1.17. The highest BCUT2D eigenvalue weighted by molar-refractivity contribution is 9.09. The van der Waals surface area contributed by atoms with Crippen LogP contribution in [0.2, 0.25) is 0 Å². The van der Waals surface area contributed by atoms with E-state index in [4.69, 9.17) is 4.74 Å². The number of aliphatic hydroxyl groups excluding tert-OH is 1. The van der Waals surface area contributed by atoms with E-state index in [1.807, 2.05) is 54.6 Å². The van der Waals surface area contributed by atoms with E-state index in [1.54, 1.807) is 26.9 Å². The third-order valence-corrected chi connectivity index (χ3v) is 11.0. The first-order chi connectivity index (χ1) is 23.3. The van der Waals surface area contributed by atoms with Gasteiger partial charge in [0.2, 0.25) is 11.8 Å². The van der Waals surface area contributed by atoms with Crippen LogP contribution in [0.15, 0.2) is 79.9 Å². The maximum Gasteiger partial charge on any atom is 0.253 e. The lowest BCUT2D eigenvalue weighted by Gasteiger charge is -2.37. The molecule has 1 spiro atoms. The summed E-state index contributed by atoms with van der Waals surface area (Å²) in [6, 6.07) is 16.4. The predicted molar refractivity (Wildman–Crippen MR) is 195 cm³/mol. The van der Waals surface area contributed by atoms with Gasteiger partial charge in [0.15, 0.2) is 0 Å². The third-order valence-electron chi connectivity index (χ3n) is 10.1. The average Bonchev–Trinajstić information content (AvgIpc) is 3.69. The Hall–Kier alpha value is -3.47. The summed E-state index contributed by atoms with van der Waals surface area (Å²) in [4.78, 5) is 51.2. The van der Waals surface area contributed by atoms with E-state index in [-0.39, 0.29) is 42.2 Å². The molecule has 0 saturated carbocycles. The highest BCUT2D eigenvalue weighted by atomic mass is 79.9. The fourth-order valence-electron chi connectivity index (χ4n) is 7.95. The van der Waals surface area contributed by atoms with Crippen LogP contribution in [0.4, 0.5) is 17.1 Å². The molecule has 2 aromatic rings. The Balaban J connectivity index is 1.54. The number of fused-ring (bicyclic) bond motifs is 1. The van der Waals surface area contributed by atoms with Crippen LogP contribution < -0.4 is 14.7 Å². The molecular weight excluding hydrogens is 672 g/mol. The van der Waals surface area contributed by atoms with Gasteiger partial charge < -0.3 is 29.4 Å². The molecule has 0 aromatic heterocycles. The first-order valence-corrected chi connectivity index (χ1v) is 18.2. The number of carbonyl (C=O) groups is 3. The van der Waals surface area contributed by atoms with E-state index in [0.29, 0.717) is 31.5 Å². The minimum Gasteiger partial charge on any atom is -0.396 e. The number of unbranched alkanes of at least 4 members (excludes halogenated alkanes) is 3. The lowest BCUT2D eigenvalue weighted by Crippen LogP contribution is -2.57. The lowest BCUT2D eigenvalue weighted by molar-refractivity contribution is -0.140. The van der Waals surface area contributed by atoms with Crippen molar-refractivity contribution in [2.45, 2.75) is 68.5 Å². The van der Waals surface area contributed by atoms with Gasteiger partial charge in [0, 0.05) is 61.2 Å². The Morgan fingerprint density at radius 3 is 2.10 bits per heavy atom. The van der Waals surface area contributed by atoms with Gasteiger partial charge in [-0.25, -0.2) is 0 Å². The highest BCUT2D eigenvalue weighted by Gasteiger charge is 2.77. The van der Waals surface area contributed by atoms with Gasteiger partial charge in [-0.3, -0.25) is 14.4 Å². The van der Waals surface area contributed by atoms with Gasteiger partial charge >= 0.3 is 0 Å². The van der Waals surface area contributed by atoms with Gasteiger partial charge in [-0.1, -0.05) is 59.1 Å². The molecule has 3 unspecified atom stereocenters. The highest BCUT2D eigenvalue weighted by Crippen LogP contribution is 2.60. The van der Waals surface area contributed by atoms with Crippen LogP contribution in [0.5, 0.6) is 0 Å². The van der Waals surface area contributed by atoms with Crippen molar-refractivity contribution in [3.63, 3.8) is 0 Å². The van der Waals surface area contributed by atoms with Crippen molar-refractivity contribution in [2.75, 3.05) is 54.0 Å². The number of hydrogen-bond donors (Lipinski definition) is 1. The third kappa shape index (κ3) is 6.59. The van der Waals surface area contributed by atoms with E-state index in [1.165, 1.54) is 0 Å². The number of ether oxygens (including phenoxy) is 1. The number of hydrogen-bond acceptors (Lipinski definition) is 6. The maximum absolute atomic E-state index is 15.0. The van der Waals surface area contributed by atoms with Crippen LogP contribution in [0.3, 0.4) is 0 Å². The molecule has 48 heavy (non-hydrogen) atoms. The monoisotopic (exact) mass is 720 g/mol. The van der Waals surface area contributed by atoms with Crippen molar-refractivity contribution in [3.05, 3.63) is 79.9 Å². The first kappa shape index (κ1) is 35.8. The molecule has 2 bridgehead atoms. The van der Waals surface area contributed by atoms with Crippen molar-refractivity contribution >= 4 is 50.7 Å². The number of rotatable bonds is 17. The Kier molecular flexibility index (Phi) is 11.8. The molecule has 3 aliphatic heterocycles. The molecule has 10 heteroatoms. The molecular formula is C38H49BrN4O5. The molecule has 0 radical (unpaired) electrons. The zero-order valence-corrected chi connectivity index (χ0v) is 29.8. The molecule has 3 heterocycles. The lowest BCUT2D eigenvalue weighted by atomic mass is 9.70. The van der Waals surface area contributed by atoms with E-state index >= 15 is 0 Å². The first-order valence-electron chi connectivity index (χ1n) is 17.3. The zero-order valence-electron chi connectivity index (χ0n) is 28.2. The Labute approximate surface area is 293 Å². The van der Waals surface area contributed by atoms with Gasteiger partial charge in [-0.05, 0) is 69.5 Å². The molecule has 6 atom stereocenters. The summed E-state index contributed by atoms with van der Waals surface area (Å²) in [5.74, 6) is -2.23. The van der Waals surface area contributed by atoms with Crippen molar-refractivity contribution in [3.8, 4) is 0 Å². The standard InChI is InChI=1S/C38H49BrN4O5/c1-5-22-41(28-16-12-11-13-17-28)35(45)31-32-36(46)43(24-14-9-10-15-25-44)34(38(32)26-30(39)33(31)48-38)37(47)42(23-6-2)29-20-18-27(19-21-29)40(7-3)8-4/h5-6,11-13,16-21,30-34,44H,1-2,7-10,14-15,22-26H2,3-4H3/t30?,31-,32+,33-,34?,38?/m1/s1. The number of amides is 3. The molecule has 5 rings (SSSR count). The molecule has 2 aromatic carbocycles. The van der Waals surface area contributed by atoms with E-state index in [0.717, 1.165) is 37.3 Å². The average molecular weight is 722 g/mol. The number of benzene rings is 2. The maximum atomic E-state index is 15.0. The van der Waals surface area contributed by atoms with Crippen LogP contribution in [0.1, 0.15) is 46.0 Å². The van der Waals surface area contributed by atoms with Crippen molar-refractivity contribution in [1.82, 2.24) is 4.90 Å².